The molecule has 1 atom stereocenters. The summed E-state index contributed by atoms with van der Waals surface area (Å²) in [5.41, 5.74) is 3.93. The van der Waals surface area contributed by atoms with Crippen LogP contribution >= 0.6 is 0 Å². The summed E-state index contributed by atoms with van der Waals surface area (Å²) < 4.78 is 23.7. The molecule has 0 amide bonds. The van der Waals surface area contributed by atoms with Gasteiger partial charge in [-0.15, -0.1) is 0 Å². The number of aromatic amines is 1. The van der Waals surface area contributed by atoms with Crippen molar-refractivity contribution in [2.24, 2.45) is 0 Å². The van der Waals surface area contributed by atoms with Crippen LogP contribution in [0.1, 0.15) is 33.4 Å². The normalized spacial score (nSPS) is 12.0. The van der Waals surface area contributed by atoms with E-state index in [0.29, 0.717) is 28.3 Å². The SMILES string of the molecule is COC(=O)c1cccc(C(O)c2c(-c3ccc(F)cc3)[nH]c3cc(OC)c(C)cc23)n1. The molecule has 6 nitrogen and oxygen atoms in total. The number of methoxy groups -OCH3 is 2. The van der Waals surface area contributed by atoms with Crippen LogP contribution in [0.5, 0.6) is 5.75 Å². The molecule has 0 aliphatic heterocycles. The van der Waals surface area contributed by atoms with E-state index in [-0.39, 0.29) is 11.5 Å². The van der Waals surface area contributed by atoms with Crippen LogP contribution in [0, 0.1) is 12.7 Å². The fourth-order valence-corrected chi connectivity index (χ4v) is 3.67. The lowest BCUT2D eigenvalue weighted by atomic mass is 9.97. The van der Waals surface area contributed by atoms with Crippen molar-refractivity contribution in [1.82, 2.24) is 9.97 Å². The second-order valence-corrected chi connectivity index (χ2v) is 7.13. The van der Waals surface area contributed by atoms with Gasteiger partial charge in [-0.3, -0.25) is 0 Å². The molecule has 1 unspecified atom stereocenters. The van der Waals surface area contributed by atoms with Gasteiger partial charge >= 0.3 is 5.97 Å². The lowest BCUT2D eigenvalue weighted by molar-refractivity contribution is 0.0593. The van der Waals surface area contributed by atoms with Gasteiger partial charge in [0, 0.05) is 22.5 Å². The number of esters is 1. The maximum Gasteiger partial charge on any atom is 0.356 e. The fraction of sp³-hybridized carbons (Fsp3) is 0.167. The van der Waals surface area contributed by atoms with E-state index in [1.54, 1.807) is 31.4 Å². The van der Waals surface area contributed by atoms with Crippen LogP contribution in [0.2, 0.25) is 0 Å². The molecule has 0 saturated carbocycles. The van der Waals surface area contributed by atoms with Crippen LogP contribution < -0.4 is 4.74 Å². The first-order chi connectivity index (χ1) is 14.9. The number of carbonyl (C=O) groups excluding carboxylic acids is 1. The van der Waals surface area contributed by atoms with E-state index in [9.17, 15) is 14.3 Å². The minimum Gasteiger partial charge on any atom is -0.496 e. The van der Waals surface area contributed by atoms with Crippen LogP contribution in [-0.2, 0) is 4.74 Å². The van der Waals surface area contributed by atoms with Crippen molar-refractivity contribution in [3.8, 4) is 17.0 Å². The van der Waals surface area contributed by atoms with Crippen molar-refractivity contribution in [2.75, 3.05) is 14.2 Å². The topological polar surface area (TPSA) is 84.4 Å². The molecule has 0 spiro atoms. The van der Waals surface area contributed by atoms with E-state index >= 15 is 0 Å². The number of aryl methyl sites for hydroxylation is 1. The monoisotopic (exact) mass is 420 g/mol. The lowest BCUT2D eigenvalue weighted by Crippen LogP contribution is -2.09. The molecular formula is C24H21FN2O4. The largest absolute Gasteiger partial charge is 0.496 e. The number of halogens is 1. The quantitative estimate of drug-likeness (QED) is 0.463. The predicted molar refractivity (Wildman–Crippen MR) is 115 cm³/mol. The number of nitrogens with zero attached hydrogens (tertiary/aromatic N) is 1. The minimum atomic E-state index is -1.15. The van der Waals surface area contributed by atoms with Crippen molar-refractivity contribution in [2.45, 2.75) is 13.0 Å². The highest BCUT2D eigenvalue weighted by atomic mass is 19.1. The van der Waals surface area contributed by atoms with Crippen LogP contribution in [0.15, 0.2) is 54.6 Å². The first-order valence-electron chi connectivity index (χ1n) is 9.62. The summed E-state index contributed by atoms with van der Waals surface area (Å²) in [5.74, 6) is -0.245. The number of aromatic nitrogens is 2. The third kappa shape index (κ3) is 3.75. The summed E-state index contributed by atoms with van der Waals surface area (Å²) in [4.78, 5) is 19.5. The molecule has 2 N–H and O–H groups in total. The molecule has 158 valence electrons. The van der Waals surface area contributed by atoms with Gasteiger partial charge in [-0.25, -0.2) is 14.2 Å². The summed E-state index contributed by atoms with van der Waals surface area (Å²) in [6, 6.07) is 14.6. The minimum absolute atomic E-state index is 0.0973. The first kappa shape index (κ1) is 20.6. The van der Waals surface area contributed by atoms with Gasteiger partial charge in [0.1, 0.15) is 23.4 Å². The third-order valence-electron chi connectivity index (χ3n) is 5.21. The predicted octanol–water partition coefficient (Wildman–Crippen LogP) is 4.55. The summed E-state index contributed by atoms with van der Waals surface area (Å²) in [6.45, 7) is 1.91. The number of hydrogen-bond acceptors (Lipinski definition) is 5. The van der Waals surface area contributed by atoms with Crippen molar-refractivity contribution in [1.29, 1.82) is 0 Å². The zero-order chi connectivity index (χ0) is 22.1. The number of hydrogen-bond donors (Lipinski definition) is 2. The Balaban J connectivity index is 1.94. The number of aliphatic hydroxyl groups is 1. The second kappa shape index (κ2) is 8.20. The van der Waals surface area contributed by atoms with Crippen molar-refractivity contribution in [3.63, 3.8) is 0 Å². The highest BCUT2D eigenvalue weighted by molar-refractivity contribution is 5.93. The van der Waals surface area contributed by atoms with Crippen LogP contribution in [0.3, 0.4) is 0 Å². The fourth-order valence-electron chi connectivity index (χ4n) is 3.67. The molecule has 0 aliphatic carbocycles. The van der Waals surface area contributed by atoms with E-state index in [4.69, 9.17) is 9.47 Å². The van der Waals surface area contributed by atoms with E-state index in [1.807, 2.05) is 19.1 Å². The van der Waals surface area contributed by atoms with Crippen molar-refractivity contribution >= 4 is 16.9 Å². The molecule has 4 rings (SSSR count). The molecule has 0 radical (unpaired) electrons. The molecule has 0 saturated heterocycles. The highest BCUT2D eigenvalue weighted by Crippen LogP contribution is 2.39. The van der Waals surface area contributed by atoms with Gasteiger partial charge in [-0.1, -0.05) is 6.07 Å². The Morgan fingerprint density at radius 3 is 2.55 bits per heavy atom. The average Bonchev–Trinajstić information content (AvgIpc) is 3.16. The van der Waals surface area contributed by atoms with E-state index < -0.39 is 12.1 Å². The number of H-pyrrole nitrogens is 1. The molecule has 0 bridgehead atoms. The molecule has 0 fully saturated rings. The Morgan fingerprint density at radius 2 is 1.87 bits per heavy atom. The third-order valence-corrected chi connectivity index (χ3v) is 5.21. The maximum atomic E-state index is 13.5. The van der Waals surface area contributed by atoms with Gasteiger partial charge in [0.25, 0.3) is 0 Å². The summed E-state index contributed by atoms with van der Waals surface area (Å²) in [5, 5.41) is 12.1. The maximum absolute atomic E-state index is 13.5. The number of fused-ring (bicyclic) bond motifs is 1. The number of carbonyl (C=O) groups is 1. The number of benzene rings is 2. The van der Waals surface area contributed by atoms with Gasteiger partial charge in [-0.2, -0.15) is 0 Å². The smallest absolute Gasteiger partial charge is 0.356 e. The number of pyridine rings is 1. The Labute approximate surface area is 178 Å². The number of nitrogens with one attached hydrogen (secondary N) is 1. The van der Waals surface area contributed by atoms with Crippen molar-refractivity contribution < 1.29 is 23.8 Å². The van der Waals surface area contributed by atoms with Gasteiger partial charge in [0.2, 0.25) is 0 Å². The molecule has 2 aromatic heterocycles. The summed E-state index contributed by atoms with van der Waals surface area (Å²) in [7, 11) is 2.87. The Bertz CT molecular complexity index is 1260. The van der Waals surface area contributed by atoms with Crippen molar-refractivity contribution in [3.05, 3.63) is 82.9 Å². The van der Waals surface area contributed by atoms with Crippen LogP contribution in [0.25, 0.3) is 22.2 Å². The molecule has 7 heteroatoms. The zero-order valence-corrected chi connectivity index (χ0v) is 17.3. The van der Waals surface area contributed by atoms with E-state index in [2.05, 4.69) is 9.97 Å². The number of aliphatic hydroxyl groups excluding tert-OH is 1. The van der Waals surface area contributed by atoms with E-state index in [1.165, 1.54) is 25.3 Å². The Hall–Kier alpha value is -3.71. The molecule has 4 aromatic rings. The van der Waals surface area contributed by atoms with Crippen LogP contribution in [-0.4, -0.2) is 35.3 Å². The average molecular weight is 420 g/mol. The molecule has 2 aromatic carbocycles. The number of ether oxygens (including phenoxy) is 2. The van der Waals surface area contributed by atoms with Crippen LogP contribution in [0.4, 0.5) is 4.39 Å². The summed E-state index contributed by atoms with van der Waals surface area (Å²) in [6.07, 6.45) is -1.15. The summed E-state index contributed by atoms with van der Waals surface area (Å²) >= 11 is 0. The van der Waals surface area contributed by atoms with Gasteiger partial charge in [0.15, 0.2) is 0 Å². The highest BCUT2D eigenvalue weighted by Gasteiger charge is 2.24. The van der Waals surface area contributed by atoms with Gasteiger partial charge in [-0.05, 0) is 60.5 Å². The van der Waals surface area contributed by atoms with Gasteiger partial charge in [0.05, 0.1) is 25.6 Å². The Morgan fingerprint density at radius 1 is 1.13 bits per heavy atom. The van der Waals surface area contributed by atoms with Gasteiger partial charge < -0.3 is 19.6 Å². The lowest BCUT2D eigenvalue weighted by Gasteiger charge is -2.14. The first-order valence-corrected chi connectivity index (χ1v) is 9.62. The number of rotatable bonds is 5. The standard InChI is InChI=1S/C24H21FN2O4/c1-13-11-16-19(12-20(13)30-2)27-22(14-7-9-15(25)10-8-14)21(16)23(28)17-5-4-6-18(26-17)24(29)31-3/h4-12,23,27-28H,1-3H3. The molecule has 2 heterocycles. The molecule has 31 heavy (non-hydrogen) atoms. The second-order valence-electron chi connectivity index (χ2n) is 7.13. The Kier molecular flexibility index (Phi) is 5.44. The molecular weight excluding hydrogens is 399 g/mol. The van der Waals surface area contributed by atoms with E-state index in [0.717, 1.165) is 16.5 Å². The molecule has 0 aliphatic rings. The zero-order valence-electron chi connectivity index (χ0n) is 17.3.